The minimum atomic E-state index is -1.26. The molecule has 1 aliphatic heterocycles. The summed E-state index contributed by atoms with van der Waals surface area (Å²) in [5.74, 6) is 0. The SMILES string of the molecule is CCOC(=O)[N+]1([O-])C=Nc2ccccc21. The molecule has 0 aliphatic carbocycles. The highest BCUT2D eigenvalue weighted by Gasteiger charge is 2.37. The molecule has 1 atom stereocenters. The fourth-order valence-corrected chi connectivity index (χ4v) is 1.42. The number of hydrogen-bond acceptors (Lipinski definition) is 4. The van der Waals surface area contributed by atoms with Crippen LogP contribution < -0.4 is 4.65 Å². The molecule has 2 rings (SSSR count). The molecule has 0 aromatic heterocycles. The quantitative estimate of drug-likeness (QED) is 0.523. The van der Waals surface area contributed by atoms with Crippen LogP contribution in [0.1, 0.15) is 6.92 Å². The highest BCUT2D eigenvalue weighted by atomic mass is 16.7. The smallest absolute Gasteiger partial charge is 0.527 e. The highest BCUT2D eigenvalue weighted by molar-refractivity contribution is 6.05. The first-order valence-electron chi connectivity index (χ1n) is 4.60. The molecule has 0 bridgehead atoms. The van der Waals surface area contributed by atoms with E-state index in [4.69, 9.17) is 4.74 Å². The Balaban J connectivity index is 2.41. The lowest BCUT2D eigenvalue weighted by molar-refractivity contribution is 0.139. The third kappa shape index (κ3) is 1.42. The van der Waals surface area contributed by atoms with Crippen molar-refractivity contribution in [3.8, 4) is 0 Å². The molecule has 0 spiro atoms. The van der Waals surface area contributed by atoms with Crippen LogP contribution in [-0.2, 0) is 4.74 Å². The van der Waals surface area contributed by atoms with Crippen molar-refractivity contribution >= 4 is 23.8 Å². The van der Waals surface area contributed by atoms with E-state index in [1.54, 1.807) is 31.2 Å². The number of carbonyl (C=O) groups excluding carboxylic acids is 1. The van der Waals surface area contributed by atoms with Gasteiger partial charge in [0.25, 0.3) is 0 Å². The topological polar surface area (TPSA) is 61.7 Å². The van der Waals surface area contributed by atoms with Crippen molar-refractivity contribution in [3.63, 3.8) is 0 Å². The predicted molar refractivity (Wildman–Crippen MR) is 56.8 cm³/mol. The Labute approximate surface area is 86.8 Å². The van der Waals surface area contributed by atoms with Crippen LogP contribution in [0.5, 0.6) is 0 Å². The van der Waals surface area contributed by atoms with Gasteiger partial charge in [-0.1, -0.05) is 12.1 Å². The maximum Gasteiger partial charge on any atom is 0.527 e. The first kappa shape index (κ1) is 9.82. The summed E-state index contributed by atoms with van der Waals surface area (Å²) in [5.41, 5.74) is 0.816. The summed E-state index contributed by atoms with van der Waals surface area (Å²) in [7, 11) is 0. The molecule has 5 nitrogen and oxygen atoms in total. The van der Waals surface area contributed by atoms with Gasteiger partial charge in [0.1, 0.15) is 5.69 Å². The third-order valence-electron chi connectivity index (χ3n) is 2.14. The summed E-state index contributed by atoms with van der Waals surface area (Å²) in [6.07, 6.45) is 0.189. The van der Waals surface area contributed by atoms with E-state index in [-0.39, 0.29) is 6.61 Å². The Kier molecular flexibility index (Phi) is 2.26. The summed E-state index contributed by atoms with van der Waals surface area (Å²) < 4.78 is 3.46. The normalized spacial score (nSPS) is 22.5. The third-order valence-corrected chi connectivity index (χ3v) is 2.14. The zero-order valence-electron chi connectivity index (χ0n) is 8.21. The van der Waals surface area contributed by atoms with Crippen LogP contribution in [0.4, 0.5) is 16.2 Å². The number of aliphatic imine (C=N–C) groups is 1. The Hall–Kier alpha value is -1.72. The van der Waals surface area contributed by atoms with Crippen LogP contribution in [0.2, 0.25) is 0 Å². The van der Waals surface area contributed by atoms with Gasteiger partial charge in [-0.25, -0.2) is 0 Å². The lowest BCUT2D eigenvalue weighted by Gasteiger charge is -2.29. The average Bonchev–Trinajstić information content (AvgIpc) is 2.59. The molecule has 1 unspecified atom stereocenters. The summed E-state index contributed by atoms with van der Waals surface area (Å²) in [6, 6.07) is 6.71. The molecule has 78 valence electrons. The van der Waals surface area contributed by atoms with Gasteiger partial charge in [-0.05, 0) is 13.0 Å². The Morgan fingerprint density at radius 2 is 2.27 bits per heavy atom. The standard InChI is InChI=1S/C10H10N2O3/c1-2-15-10(13)12(14)7-11-8-5-3-4-6-9(8)12/h3-7H,2H2,1H3. The monoisotopic (exact) mass is 206 g/mol. The summed E-state index contributed by atoms with van der Waals surface area (Å²) in [6.45, 7) is 1.83. The predicted octanol–water partition coefficient (Wildman–Crippen LogP) is 2.32. The second kappa shape index (κ2) is 3.45. The van der Waals surface area contributed by atoms with E-state index in [1.807, 2.05) is 0 Å². The van der Waals surface area contributed by atoms with Crippen molar-refractivity contribution in [2.45, 2.75) is 6.92 Å². The number of rotatable bonds is 1. The van der Waals surface area contributed by atoms with Crippen molar-refractivity contribution < 1.29 is 9.53 Å². The first-order valence-corrected chi connectivity index (χ1v) is 4.60. The number of hydrogen-bond donors (Lipinski definition) is 0. The minimum absolute atomic E-state index is 0.178. The van der Waals surface area contributed by atoms with Gasteiger partial charge >= 0.3 is 6.09 Å². The number of para-hydroxylation sites is 2. The van der Waals surface area contributed by atoms with Crippen molar-refractivity contribution in [2.75, 3.05) is 6.61 Å². The molecule has 0 N–H and O–H groups in total. The molecule has 0 fully saturated rings. The maximum atomic E-state index is 12.1. The van der Waals surface area contributed by atoms with Gasteiger partial charge in [-0.3, -0.25) is 0 Å². The van der Waals surface area contributed by atoms with E-state index in [9.17, 15) is 10.0 Å². The molecule has 1 aliphatic rings. The lowest BCUT2D eigenvalue weighted by atomic mass is 10.2. The van der Waals surface area contributed by atoms with Crippen molar-refractivity contribution in [1.82, 2.24) is 4.65 Å². The van der Waals surface area contributed by atoms with Crippen LogP contribution in [0.3, 0.4) is 0 Å². The summed E-state index contributed by atoms with van der Waals surface area (Å²) in [5, 5.41) is 12.1. The molecule has 1 amide bonds. The van der Waals surface area contributed by atoms with Gasteiger partial charge in [0.2, 0.25) is 6.34 Å². The van der Waals surface area contributed by atoms with Crippen LogP contribution in [0.25, 0.3) is 0 Å². The van der Waals surface area contributed by atoms with Crippen molar-refractivity contribution in [2.24, 2.45) is 4.99 Å². The molecule has 1 heterocycles. The number of fused-ring (bicyclic) bond motifs is 1. The van der Waals surface area contributed by atoms with Gasteiger partial charge in [0.05, 0.1) is 6.61 Å². The molecule has 5 heteroatoms. The van der Waals surface area contributed by atoms with Gasteiger partial charge in [0, 0.05) is 6.07 Å². The van der Waals surface area contributed by atoms with Crippen molar-refractivity contribution in [1.29, 1.82) is 0 Å². The molecular formula is C10H10N2O3. The second-order valence-corrected chi connectivity index (χ2v) is 3.09. The first-order chi connectivity index (χ1) is 7.18. The van der Waals surface area contributed by atoms with Gasteiger partial charge < -0.3 is 9.94 Å². The number of ether oxygens (including phenoxy) is 1. The molecule has 1 aromatic carbocycles. The Morgan fingerprint density at radius 3 is 3.00 bits per heavy atom. The van der Waals surface area contributed by atoms with Crippen LogP contribution >= 0.6 is 0 Å². The minimum Gasteiger partial charge on any atom is -0.611 e. The van der Waals surface area contributed by atoms with E-state index in [0.717, 1.165) is 6.34 Å². The maximum absolute atomic E-state index is 12.1. The van der Waals surface area contributed by atoms with E-state index in [1.165, 1.54) is 0 Å². The van der Waals surface area contributed by atoms with E-state index in [0.29, 0.717) is 11.4 Å². The van der Waals surface area contributed by atoms with Gasteiger partial charge in [0.15, 0.2) is 5.69 Å². The zero-order valence-corrected chi connectivity index (χ0v) is 8.21. The van der Waals surface area contributed by atoms with E-state index >= 15 is 0 Å². The lowest BCUT2D eigenvalue weighted by Crippen LogP contribution is -2.46. The number of hydroxylamine groups is 2. The Bertz CT molecular complexity index is 430. The summed E-state index contributed by atoms with van der Waals surface area (Å²) in [4.78, 5) is 15.4. The van der Waals surface area contributed by atoms with Crippen molar-refractivity contribution in [3.05, 3.63) is 29.5 Å². The van der Waals surface area contributed by atoms with Crippen LogP contribution in [0.15, 0.2) is 29.3 Å². The van der Waals surface area contributed by atoms with Crippen LogP contribution in [-0.4, -0.2) is 19.0 Å². The van der Waals surface area contributed by atoms with E-state index in [2.05, 4.69) is 4.99 Å². The average molecular weight is 206 g/mol. The number of amides is 1. The van der Waals surface area contributed by atoms with Gasteiger partial charge in [-0.15, -0.1) is 0 Å². The number of quaternary nitrogens is 1. The highest BCUT2D eigenvalue weighted by Crippen LogP contribution is 2.37. The molecule has 0 radical (unpaired) electrons. The van der Waals surface area contributed by atoms with Gasteiger partial charge in [-0.2, -0.15) is 14.4 Å². The fourth-order valence-electron chi connectivity index (χ4n) is 1.42. The molecule has 15 heavy (non-hydrogen) atoms. The Morgan fingerprint density at radius 1 is 1.53 bits per heavy atom. The number of carbonyl (C=O) groups is 1. The molecule has 1 aromatic rings. The zero-order chi connectivity index (χ0) is 10.9. The largest absolute Gasteiger partial charge is 0.611 e. The molecule has 0 saturated heterocycles. The molecular weight excluding hydrogens is 196 g/mol. The second-order valence-electron chi connectivity index (χ2n) is 3.09. The number of benzene rings is 1. The molecule has 0 saturated carbocycles. The van der Waals surface area contributed by atoms with Crippen LogP contribution in [0, 0.1) is 5.21 Å². The number of nitrogens with zero attached hydrogens (tertiary/aromatic N) is 2. The summed E-state index contributed by atoms with van der Waals surface area (Å²) >= 11 is 0. The van der Waals surface area contributed by atoms with E-state index < -0.39 is 10.7 Å². The fraction of sp³-hybridized carbons (Fsp3) is 0.200.